The predicted molar refractivity (Wildman–Crippen MR) is 68.0 cm³/mol. The summed E-state index contributed by atoms with van der Waals surface area (Å²) >= 11 is 0. The van der Waals surface area contributed by atoms with Crippen molar-refractivity contribution >= 4 is 6.47 Å². The Bertz CT molecular complexity index is 410. The number of carbonyl (C=O) groups is 1. The van der Waals surface area contributed by atoms with Gasteiger partial charge in [-0.25, -0.2) is 0 Å². The summed E-state index contributed by atoms with van der Waals surface area (Å²) in [7, 11) is 0. The highest BCUT2D eigenvalue weighted by atomic mass is 16.5. The summed E-state index contributed by atoms with van der Waals surface area (Å²) in [5, 5.41) is 10.4. The molecule has 1 aliphatic rings. The van der Waals surface area contributed by atoms with Gasteiger partial charge in [-0.1, -0.05) is 30.3 Å². The van der Waals surface area contributed by atoms with Crippen LogP contribution in [0.2, 0.25) is 0 Å². The molecule has 0 atom stereocenters. The van der Waals surface area contributed by atoms with E-state index in [-0.39, 0.29) is 0 Å². The van der Waals surface area contributed by atoms with Crippen LogP contribution in [0.3, 0.4) is 0 Å². The van der Waals surface area contributed by atoms with E-state index in [4.69, 9.17) is 4.74 Å². The Kier molecular flexibility index (Phi) is 3.41. The van der Waals surface area contributed by atoms with Crippen LogP contribution in [0.25, 0.3) is 0 Å². The number of rotatable bonds is 5. The van der Waals surface area contributed by atoms with Crippen molar-refractivity contribution in [2.24, 2.45) is 0 Å². The highest BCUT2D eigenvalue weighted by Gasteiger charge is 2.44. The second-order valence-corrected chi connectivity index (χ2v) is 5.52. The molecule has 2 rings (SSSR count). The maximum atomic E-state index is 10.4. The third-order valence-corrected chi connectivity index (χ3v) is 3.25. The molecule has 1 aliphatic heterocycles. The molecule has 0 unspecified atom stereocenters. The fraction of sp³-hybridized carbons (Fsp3) is 0.500. The van der Waals surface area contributed by atoms with E-state index in [0.717, 1.165) is 5.56 Å². The first-order valence-corrected chi connectivity index (χ1v) is 6.07. The molecule has 0 radical (unpaired) electrons. The summed E-state index contributed by atoms with van der Waals surface area (Å²) in [6.07, 6.45) is 0. The van der Waals surface area contributed by atoms with E-state index >= 15 is 0 Å². The van der Waals surface area contributed by atoms with Gasteiger partial charge in [-0.3, -0.25) is 9.69 Å². The summed E-state index contributed by atoms with van der Waals surface area (Å²) in [5.74, 6) is 0. The van der Waals surface area contributed by atoms with Gasteiger partial charge in [0.2, 0.25) is 0 Å². The standard InChI is InChI=1S/C14H19NO3/c1-13(2,18-11-16)8-15-9-14(17,10-15)12-6-4-3-5-7-12/h3-7,11,17H,8-10H2,1-2H3. The highest BCUT2D eigenvalue weighted by molar-refractivity contribution is 5.38. The molecule has 0 bridgehead atoms. The zero-order valence-electron chi connectivity index (χ0n) is 10.8. The molecule has 1 saturated heterocycles. The summed E-state index contributed by atoms with van der Waals surface area (Å²) in [6, 6.07) is 9.66. The molecule has 1 fully saturated rings. The molecule has 0 aliphatic carbocycles. The maximum Gasteiger partial charge on any atom is 0.293 e. The molecule has 1 N–H and O–H groups in total. The Hall–Kier alpha value is -1.39. The second kappa shape index (κ2) is 4.71. The molecule has 0 amide bonds. The van der Waals surface area contributed by atoms with Crippen LogP contribution in [-0.4, -0.2) is 41.7 Å². The number of hydrogen-bond acceptors (Lipinski definition) is 4. The molecular formula is C14H19NO3. The van der Waals surface area contributed by atoms with E-state index in [1.165, 1.54) is 0 Å². The van der Waals surface area contributed by atoms with Crippen molar-refractivity contribution in [1.82, 2.24) is 4.90 Å². The zero-order valence-corrected chi connectivity index (χ0v) is 10.8. The number of aliphatic hydroxyl groups is 1. The van der Waals surface area contributed by atoms with Gasteiger partial charge in [0.05, 0.1) is 0 Å². The lowest BCUT2D eigenvalue weighted by Gasteiger charge is -2.48. The van der Waals surface area contributed by atoms with Crippen molar-refractivity contribution in [3.8, 4) is 0 Å². The van der Waals surface area contributed by atoms with E-state index in [1.54, 1.807) is 0 Å². The van der Waals surface area contributed by atoms with Gasteiger partial charge >= 0.3 is 0 Å². The molecule has 0 aromatic heterocycles. The summed E-state index contributed by atoms with van der Waals surface area (Å²) in [5.41, 5.74) is -0.339. The van der Waals surface area contributed by atoms with E-state index < -0.39 is 11.2 Å². The molecule has 0 spiro atoms. The number of benzene rings is 1. The van der Waals surface area contributed by atoms with Gasteiger partial charge in [0.1, 0.15) is 11.2 Å². The highest BCUT2D eigenvalue weighted by Crippen LogP contribution is 2.32. The third-order valence-electron chi connectivity index (χ3n) is 3.25. The average molecular weight is 249 g/mol. The number of β-amino-alcohol motifs (C(OH)–C–C–N with tert-alkyl or cyclic N) is 1. The maximum absolute atomic E-state index is 10.4. The Balaban J connectivity index is 1.92. The van der Waals surface area contributed by atoms with Crippen molar-refractivity contribution in [2.75, 3.05) is 19.6 Å². The molecule has 18 heavy (non-hydrogen) atoms. The first-order valence-electron chi connectivity index (χ1n) is 6.07. The minimum atomic E-state index is -0.765. The third kappa shape index (κ3) is 2.71. The molecule has 0 saturated carbocycles. The first-order chi connectivity index (χ1) is 8.45. The minimum absolute atomic E-state index is 0.475. The van der Waals surface area contributed by atoms with E-state index in [2.05, 4.69) is 4.90 Å². The molecule has 98 valence electrons. The number of carbonyl (C=O) groups excluding carboxylic acids is 1. The minimum Gasteiger partial charge on any atom is -0.461 e. The van der Waals surface area contributed by atoms with Gasteiger partial charge in [0.15, 0.2) is 0 Å². The van der Waals surface area contributed by atoms with Crippen LogP contribution in [0.5, 0.6) is 0 Å². The Morgan fingerprint density at radius 3 is 2.56 bits per heavy atom. The van der Waals surface area contributed by atoms with Crippen LogP contribution >= 0.6 is 0 Å². The van der Waals surface area contributed by atoms with E-state index in [0.29, 0.717) is 26.1 Å². The molecule has 1 heterocycles. The predicted octanol–water partition coefficient (Wildman–Crippen LogP) is 1.14. The Morgan fingerprint density at radius 1 is 1.39 bits per heavy atom. The molecular weight excluding hydrogens is 230 g/mol. The van der Waals surface area contributed by atoms with Crippen LogP contribution in [-0.2, 0) is 15.1 Å². The van der Waals surface area contributed by atoms with Crippen molar-refractivity contribution in [3.05, 3.63) is 35.9 Å². The van der Waals surface area contributed by atoms with Gasteiger partial charge < -0.3 is 9.84 Å². The molecule has 1 aromatic rings. The normalized spacial score (nSPS) is 19.1. The van der Waals surface area contributed by atoms with Crippen LogP contribution in [0.4, 0.5) is 0 Å². The van der Waals surface area contributed by atoms with Gasteiger partial charge in [-0.15, -0.1) is 0 Å². The smallest absolute Gasteiger partial charge is 0.293 e. The number of ether oxygens (including phenoxy) is 1. The number of likely N-dealkylation sites (tertiary alicyclic amines) is 1. The number of nitrogens with zero attached hydrogens (tertiary/aromatic N) is 1. The van der Waals surface area contributed by atoms with Crippen LogP contribution < -0.4 is 0 Å². The summed E-state index contributed by atoms with van der Waals surface area (Å²) < 4.78 is 5.01. The monoisotopic (exact) mass is 249 g/mol. The lowest BCUT2D eigenvalue weighted by atomic mass is 9.85. The van der Waals surface area contributed by atoms with Crippen LogP contribution in [0, 0.1) is 0 Å². The van der Waals surface area contributed by atoms with Crippen molar-refractivity contribution < 1.29 is 14.6 Å². The fourth-order valence-electron chi connectivity index (χ4n) is 2.44. The van der Waals surface area contributed by atoms with Gasteiger partial charge in [0.25, 0.3) is 6.47 Å². The fourth-order valence-corrected chi connectivity index (χ4v) is 2.44. The lowest BCUT2D eigenvalue weighted by molar-refractivity contribution is -0.153. The average Bonchev–Trinajstić information content (AvgIpc) is 2.27. The van der Waals surface area contributed by atoms with Crippen molar-refractivity contribution in [3.63, 3.8) is 0 Å². The molecule has 1 aromatic carbocycles. The van der Waals surface area contributed by atoms with Crippen LogP contribution in [0.1, 0.15) is 19.4 Å². The number of hydrogen-bond donors (Lipinski definition) is 1. The van der Waals surface area contributed by atoms with E-state index in [1.807, 2.05) is 44.2 Å². The first kappa shape index (κ1) is 13.1. The van der Waals surface area contributed by atoms with E-state index in [9.17, 15) is 9.90 Å². The Morgan fingerprint density at radius 2 is 2.00 bits per heavy atom. The van der Waals surface area contributed by atoms with Crippen molar-refractivity contribution in [2.45, 2.75) is 25.0 Å². The largest absolute Gasteiger partial charge is 0.461 e. The van der Waals surface area contributed by atoms with Gasteiger partial charge in [-0.05, 0) is 19.4 Å². The Labute approximate surface area is 107 Å². The van der Waals surface area contributed by atoms with Crippen molar-refractivity contribution in [1.29, 1.82) is 0 Å². The second-order valence-electron chi connectivity index (χ2n) is 5.52. The topological polar surface area (TPSA) is 49.8 Å². The van der Waals surface area contributed by atoms with Crippen LogP contribution in [0.15, 0.2) is 30.3 Å². The zero-order chi connectivity index (χ0) is 13.2. The lowest BCUT2D eigenvalue weighted by Crippen LogP contribution is -2.62. The molecule has 4 nitrogen and oxygen atoms in total. The summed E-state index contributed by atoms with van der Waals surface area (Å²) in [4.78, 5) is 12.4. The molecule has 4 heteroatoms. The quantitative estimate of drug-likeness (QED) is 0.795. The summed E-state index contributed by atoms with van der Waals surface area (Å²) in [6.45, 7) is 5.97. The SMILES string of the molecule is CC(C)(CN1CC(O)(c2ccccc2)C1)OC=O. The van der Waals surface area contributed by atoms with Gasteiger partial charge in [0, 0.05) is 19.6 Å². The van der Waals surface area contributed by atoms with Gasteiger partial charge in [-0.2, -0.15) is 0 Å².